The van der Waals surface area contributed by atoms with Crippen molar-refractivity contribution >= 4 is 0 Å². The van der Waals surface area contributed by atoms with Crippen molar-refractivity contribution in [3.63, 3.8) is 0 Å². The van der Waals surface area contributed by atoms with Crippen molar-refractivity contribution in [3.8, 4) is 5.88 Å². The maximum Gasteiger partial charge on any atom is 0.216 e. The predicted molar refractivity (Wildman–Crippen MR) is 76.2 cm³/mol. The highest BCUT2D eigenvalue weighted by atomic mass is 16.5. The third kappa shape index (κ3) is 3.90. The van der Waals surface area contributed by atoms with Crippen LogP contribution in [-0.4, -0.2) is 23.6 Å². The largest absolute Gasteiger partial charge is 0.481 e. The highest BCUT2D eigenvalue weighted by Crippen LogP contribution is 2.34. The molecule has 1 aliphatic carbocycles. The van der Waals surface area contributed by atoms with Crippen LogP contribution in [-0.2, 0) is 0 Å². The van der Waals surface area contributed by atoms with E-state index in [1.54, 1.807) is 13.4 Å². The lowest BCUT2D eigenvalue weighted by molar-refractivity contribution is 0.267. The van der Waals surface area contributed by atoms with Gasteiger partial charge in [-0.3, -0.25) is 0 Å². The number of methoxy groups -OCH3 is 1. The first-order chi connectivity index (χ1) is 9.35. The van der Waals surface area contributed by atoms with Crippen molar-refractivity contribution in [3.05, 3.63) is 18.1 Å². The third-order valence-corrected chi connectivity index (χ3v) is 3.93. The van der Waals surface area contributed by atoms with E-state index in [1.807, 2.05) is 6.07 Å². The topological polar surface area (TPSA) is 47.0 Å². The second kappa shape index (κ2) is 7.43. The molecule has 2 rings (SSSR count). The first-order valence-corrected chi connectivity index (χ1v) is 7.44. The molecule has 0 aromatic carbocycles. The van der Waals surface area contributed by atoms with Crippen molar-refractivity contribution in [2.45, 2.75) is 51.5 Å². The first kappa shape index (κ1) is 14.3. The lowest BCUT2D eigenvalue weighted by Crippen LogP contribution is -2.31. The molecule has 4 heteroatoms. The molecule has 0 spiro atoms. The lowest BCUT2D eigenvalue weighted by atomic mass is 9.82. The smallest absolute Gasteiger partial charge is 0.216 e. The maximum atomic E-state index is 5.22. The summed E-state index contributed by atoms with van der Waals surface area (Å²) in [6, 6.07) is 2.32. The molecular formula is C15H25N3O. The summed E-state index contributed by atoms with van der Waals surface area (Å²) in [6.45, 7) is 3.24. The highest BCUT2D eigenvalue weighted by Gasteiger charge is 2.25. The maximum absolute atomic E-state index is 5.22. The van der Waals surface area contributed by atoms with E-state index in [9.17, 15) is 0 Å². The van der Waals surface area contributed by atoms with E-state index < -0.39 is 0 Å². The summed E-state index contributed by atoms with van der Waals surface area (Å²) in [5.41, 5.74) is 1.08. The molecule has 1 unspecified atom stereocenters. The molecule has 1 aromatic rings. The molecule has 1 fully saturated rings. The minimum atomic E-state index is 0.345. The Balaban J connectivity index is 2.14. The second-order valence-electron chi connectivity index (χ2n) is 5.32. The van der Waals surface area contributed by atoms with Gasteiger partial charge in [0.1, 0.15) is 6.33 Å². The lowest BCUT2D eigenvalue weighted by Gasteiger charge is -2.30. The Morgan fingerprint density at radius 1 is 1.32 bits per heavy atom. The number of nitrogens with zero attached hydrogens (tertiary/aromatic N) is 2. The zero-order valence-corrected chi connectivity index (χ0v) is 12.1. The van der Waals surface area contributed by atoms with Crippen LogP contribution in [0.4, 0.5) is 0 Å². The Hall–Kier alpha value is -1.16. The van der Waals surface area contributed by atoms with E-state index in [1.165, 1.54) is 32.1 Å². The zero-order valence-electron chi connectivity index (χ0n) is 12.1. The van der Waals surface area contributed by atoms with Gasteiger partial charge in [-0.1, -0.05) is 26.2 Å². The van der Waals surface area contributed by atoms with Crippen LogP contribution in [0.15, 0.2) is 12.4 Å². The number of nitrogens with one attached hydrogen (secondary N) is 1. The van der Waals surface area contributed by atoms with Gasteiger partial charge >= 0.3 is 0 Å². The molecule has 0 bridgehead atoms. The molecule has 1 aliphatic rings. The van der Waals surface area contributed by atoms with E-state index in [2.05, 4.69) is 22.2 Å². The molecular weight excluding hydrogens is 238 g/mol. The van der Waals surface area contributed by atoms with Gasteiger partial charge in [-0.25, -0.2) is 9.97 Å². The van der Waals surface area contributed by atoms with Crippen LogP contribution < -0.4 is 10.1 Å². The third-order valence-electron chi connectivity index (χ3n) is 3.93. The van der Waals surface area contributed by atoms with Gasteiger partial charge in [0.05, 0.1) is 18.8 Å². The molecule has 106 valence electrons. The van der Waals surface area contributed by atoms with Crippen molar-refractivity contribution in [1.82, 2.24) is 15.3 Å². The van der Waals surface area contributed by atoms with Crippen molar-refractivity contribution in [2.75, 3.05) is 13.7 Å². The number of hydrogen-bond donors (Lipinski definition) is 1. The van der Waals surface area contributed by atoms with Gasteiger partial charge in [0.15, 0.2) is 0 Å². The van der Waals surface area contributed by atoms with Gasteiger partial charge < -0.3 is 10.1 Å². The summed E-state index contributed by atoms with van der Waals surface area (Å²) in [7, 11) is 1.65. The molecule has 0 radical (unpaired) electrons. The van der Waals surface area contributed by atoms with Crippen molar-refractivity contribution in [1.29, 1.82) is 0 Å². The average Bonchev–Trinajstić information content (AvgIpc) is 2.49. The average molecular weight is 263 g/mol. The zero-order chi connectivity index (χ0) is 13.5. The van der Waals surface area contributed by atoms with Crippen molar-refractivity contribution in [2.24, 2.45) is 5.92 Å². The van der Waals surface area contributed by atoms with E-state index in [0.29, 0.717) is 17.8 Å². The van der Waals surface area contributed by atoms with Crippen LogP contribution in [0.2, 0.25) is 0 Å². The normalized spacial score (nSPS) is 18.2. The fourth-order valence-electron chi connectivity index (χ4n) is 2.92. The van der Waals surface area contributed by atoms with Crippen LogP contribution in [0, 0.1) is 5.92 Å². The SMILES string of the molecule is CCCNC(c1cc(OC)ncn1)C1CCCCC1. The standard InChI is InChI=1S/C15H25N3O/c1-3-9-16-15(12-7-5-4-6-8-12)13-10-14(19-2)18-11-17-13/h10-12,15-16H,3-9H2,1-2H3. The van der Waals surface area contributed by atoms with Gasteiger partial charge in [0, 0.05) is 6.07 Å². The molecule has 4 nitrogen and oxygen atoms in total. The Morgan fingerprint density at radius 2 is 2.11 bits per heavy atom. The molecule has 1 atom stereocenters. The van der Waals surface area contributed by atoms with Crippen LogP contribution >= 0.6 is 0 Å². The van der Waals surface area contributed by atoms with Gasteiger partial charge in [0.2, 0.25) is 5.88 Å². The molecule has 0 aliphatic heterocycles. The number of aromatic nitrogens is 2. The predicted octanol–water partition coefficient (Wildman–Crippen LogP) is 3.11. The Labute approximate surface area is 116 Å². The molecule has 0 amide bonds. The van der Waals surface area contributed by atoms with Crippen molar-refractivity contribution < 1.29 is 4.74 Å². The van der Waals surface area contributed by atoms with Crippen LogP contribution in [0.25, 0.3) is 0 Å². The monoisotopic (exact) mass is 263 g/mol. The van der Waals surface area contributed by atoms with Gasteiger partial charge in [-0.2, -0.15) is 0 Å². The van der Waals surface area contributed by atoms with Crippen LogP contribution in [0.3, 0.4) is 0 Å². The highest BCUT2D eigenvalue weighted by molar-refractivity contribution is 5.17. The summed E-state index contributed by atoms with van der Waals surface area (Å²) in [5, 5.41) is 3.66. The fraction of sp³-hybridized carbons (Fsp3) is 0.733. The Morgan fingerprint density at radius 3 is 2.79 bits per heavy atom. The van der Waals surface area contributed by atoms with E-state index in [0.717, 1.165) is 18.7 Å². The summed E-state index contributed by atoms with van der Waals surface area (Å²) < 4.78 is 5.22. The van der Waals surface area contributed by atoms with E-state index in [-0.39, 0.29) is 0 Å². The molecule has 0 saturated heterocycles. The van der Waals surface area contributed by atoms with Crippen LogP contribution in [0.1, 0.15) is 57.2 Å². The van der Waals surface area contributed by atoms with Gasteiger partial charge in [-0.05, 0) is 31.7 Å². The van der Waals surface area contributed by atoms with Gasteiger partial charge in [-0.15, -0.1) is 0 Å². The minimum Gasteiger partial charge on any atom is -0.481 e. The van der Waals surface area contributed by atoms with Gasteiger partial charge in [0.25, 0.3) is 0 Å². The summed E-state index contributed by atoms with van der Waals surface area (Å²) in [6.07, 6.45) is 9.42. The molecule has 1 aromatic heterocycles. The molecule has 1 heterocycles. The number of hydrogen-bond acceptors (Lipinski definition) is 4. The summed E-state index contributed by atoms with van der Waals surface area (Å²) >= 11 is 0. The fourth-order valence-corrected chi connectivity index (χ4v) is 2.92. The van der Waals surface area contributed by atoms with Crippen LogP contribution in [0.5, 0.6) is 5.88 Å². The quantitative estimate of drug-likeness (QED) is 0.856. The molecule has 19 heavy (non-hydrogen) atoms. The molecule has 1 N–H and O–H groups in total. The minimum absolute atomic E-state index is 0.345. The van der Waals surface area contributed by atoms with E-state index >= 15 is 0 Å². The van der Waals surface area contributed by atoms with E-state index in [4.69, 9.17) is 4.74 Å². The summed E-state index contributed by atoms with van der Waals surface area (Å²) in [4.78, 5) is 8.57. The molecule has 1 saturated carbocycles. The summed E-state index contributed by atoms with van der Waals surface area (Å²) in [5.74, 6) is 1.35. The first-order valence-electron chi connectivity index (χ1n) is 7.44. The number of ether oxygens (including phenoxy) is 1. The second-order valence-corrected chi connectivity index (χ2v) is 5.32. The Bertz CT molecular complexity index is 377. The Kier molecular flexibility index (Phi) is 5.58. The number of rotatable bonds is 6.